The molecule has 2 heteroatoms. The maximum absolute atomic E-state index is 10.9. The highest BCUT2D eigenvalue weighted by molar-refractivity contribution is 5.75. The lowest BCUT2D eigenvalue weighted by molar-refractivity contribution is -0.117. The van der Waals surface area contributed by atoms with Crippen molar-refractivity contribution in [3.05, 3.63) is 35.4 Å². The summed E-state index contributed by atoms with van der Waals surface area (Å²) in [5.41, 5.74) is 2.77. The summed E-state index contributed by atoms with van der Waals surface area (Å²) >= 11 is 0. The van der Waals surface area contributed by atoms with Crippen LogP contribution in [-0.4, -0.2) is 24.3 Å². The maximum Gasteiger partial charge on any atom is 0.129 e. The molecule has 0 saturated carbocycles. The lowest BCUT2D eigenvalue weighted by atomic mass is 9.97. The summed E-state index contributed by atoms with van der Waals surface area (Å²) < 4.78 is 0. The van der Waals surface area contributed by atoms with Gasteiger partial charge in [0, 0.05) is 13.0 Å². The van der Waals surface area contributed by atoms with Crippen molar-refractivity contribution in [1.82, 2.24) is 4.90 Å². The summed E-state index contributed by atoms with van der Waals surface area (Å²) in [5, 5.41) is 0. The predicted octanol–water partition coefficient (Wildman–Crippen LogP) is 4.00. The number of Topliss-reactive ketones (excluding diaryl/α,β-unsaturated/α-hetero) is 1. The maximum atomic E-state index is 10.9. The molecular formula is C17H27NO. The predicted molar refractivity (Wildman–Crippen MR) is 81.4 cm³/mol. The normalized spacial score (nSPS) is 12.7. The van der Waals surface area contributed by atoms with Crippen molar-refractivity contribution in [2.45, 2.75) is 52.5 Å². The van der Waals surface area contributed by atoms with E-state index in [1.807, 2.05) is 0 Å². The molecule has 0 amide bonds. The molecule has 0 fully saturated rings. The molecule has 1 atom stereocenters. The highest BCUT2D eigenvalue weighted by Crippen LogP contribution is 2.19. The molecule has 1 rings (SSSR count). The molecule has 0 heterocycles. The summed E-state index contributed by atoms with van der Waals surface area (Å²) in [6, 6.07) is 8.94. The van der Waals surface area contributed by atoms with Crippen molar-refractivity contribution >= 4 is 5.78 Å². The molecule has 1 aromatic carbocycles. The van der Waals surface area contributed by atoms with Gasteiger partial charge in [-0.2, -0.15) is 0 Å². The zero-order chi connectivity index (χ0) is 14.3. The van der Waals surface area contributed by atoms with Crippen molar-refractivity contribution in [2.24, 2.45) is 0 Å². The van der Waals surface area contributed by atoms with E-state index >= 15 is 0 Å². The van der Waals surface area contributed by atoms with Gasteiger partial charge in [0.25, 0.3) is 0 Å². The van der Waals surface area contributed by atoms with Gasteiger partial charge in [-0.1, -0.05) is 38.1 Å². The lowest BCUT2D eigenvalue weighted by Crippen LogP contribution is -2.19. The first-order valence-corrected chi connectivity index (χ1v) is 7.29. The van der Waals surface area contributed by atoms with Gasteiger partial charge >= 0.3 is 0 Å². The fraction of sp³-hybridized carbons (Fsp3) is 0.588. The first-order chi connectivity index (χ1) is 9.02. The zero-order valence-corrected chi connectivity index (χ0v) is 12.8. The minimum absolute atomic E-state index is 0.284. The number of hydrogen-bond acceptors (Lipinski definition) is 2. The first-order valence-electron chi connectivity index (χ1n) is 7.29. The van der Waals surface area contributed by atoms with Crippen LogP contribution in [0.25, 0.3) is 0 Å². The van der Waals surface area contributed by atoms with Crippen LogP contribution in [0.5, 0.6) is 0 Å². The number of rotatable bonds is 8. The third kappa shape index (κ3) is 6.02. The number of carbonyl (C=O) groups is 1. The lowest BCUT2D eigenvalue weighted by Gasteiger charge is -2.17. The standard InChI is InChI=1S/C17H27NO/c1-5-14(2)17-10-8-16(9-11-17)13-18(4)12-6-7-15(3)19/h8-11,14H,5-7,12-13H2,1-4H3. The van der Waals surface area contributed by atoms with Crippen LogP contribution in [0, 0.1) is 0 Å². The van der Waals surface area contributed by atoms with Crippen LogP contribution >= 0.6 is 0 Å². The van der Waals surface area contributed by atoms with E-state index in [0.29, 0.717) is 12.3 Å². The molecule has 0 spiro atoms. The van der Waals surface area contributed by atoms with Gasteiger partial charge in [0.15, 0.2) is 0 Å². The zero-order valence-electron chi connectivity index (χ0n) is 12.8. The average molecular weight is 261 g/mol. The SMILES string of the molecule is CCC(C)c1ccc(CN(C)CCCC(C)=O)cc1. The van der Waals surface area contributed by atoms with E-state index in [4.69, 9.17) is 0 Å². The Hall–Kier alpha value is -1.15. The van der Waals surface area contributed by atoms with E-state index in [2.05, 4.69) is 50.1 Å². The van der Waals surface area contributed by atoms with Gasteiger partial charge in [-0.3, -0.25) is 0 Å². The number of ketones is 1. The van der Waals surface area contributed by atoms with E-state index in [1.54, 1.807) is 6.92 Å². The molecule has 0 N–H and O–H groups in total. The second-order valence-corrected chi connectivity index (χ2v) is 5.59. The van der Waals surface area contributed by atoms with Crippen LogP contribution in [0.15, 0.2) is 24.3 Å². The summed E-state index contributed by atoms with van der Waals surface area (Å²) in [5.74, 6) is 0.925. The van der Waals surface area contributed by atoms with Gasteiger partial charge in [-0.05, 0) is 50.4 Å². The number of carbonyl (C=O) groups excluding carboxylic acids is 1. The Morgan fingerprint density at radius 3 is 2.42 bits per heavy atom. The Morgan fingerprint density at radius 1 is 1.26 bits per heavy atom. The Labute approximate surface area is 117 Å². The van der Waals surface area contributed by atoms with Crippen molar-refractivity contribution in [1.29, 1.82) is 0 Å². The Kier molecular flexibility index (Phi) is 6.79. The molecule has 106 valence electrons. The van der Waals surface area contributed by atoms with Crippen molar-refractivity contribution in [2.75, 3.05) is 13.6 Å². The third-order valence-corrected chi connectivity index (χ3v) is 3.68. The number of hydrogen-bond donors (Lipinski definition) is 0. The molecule has 0 bridgehead atoms. The van der Waals surface area contributed by atoms with Crippen molar-refractivity contribution in [3.63, 3.8) is 0 Å². The quantitative estimate of drug-likeness (QED) is 0.705. The largest absolute Gasteiger partial charge is 0.302 e. The van der Waals surface area contributed by atoms with Crippen LogP contribution < -0.4 is 0 Å². The fourth-order valence-corrected chi connectivity index (χ4v) is 2.18. The van der Waals surface area contributed by atoms with Gasteiger partial charge in [-0.15, -0.1) is 0 Å². The van der Waals surface area contributed by atoms with E-state index in [1.165, 1.54) is 17.5 Å². The molecule has 0 radical (unpaired) electrons. The molecule has 0 saturated heterocycles. The molecule has 1 unspecified atom stereocenters. The number of benzene rings is 1. The fourth-order valence-electron chi connectivity index (χ4n) is 2.18. The van der Waals surface area contributed by atoms with E-state index in [0.717, 1.165) is 19.5 Å². The average Bonchev–Trinajstić information content (AvgIpc) is 2.38. The van der Waals surface area contributed by atoms with Gasteiger partial charge in [0.2, 0.25) is 0 Å². The third-order valence-electron chi connectivity index (χ3n) is 3.68. The van der Waals surface area contributed by atoms with Crippen LogP contribution in [0.4, 0.5) is 0 Å². The second-order valence-electron chi connectivity index (χ2n) is 5.59. The highest BCUT2D eigenvalue weighted by atomic mass is 16.1. The summed E-state index contributed by atoms with van der Waals surface area (Å²) in [6.45, 7) is 8.09. The topological polar surface area (TPSA) is 20.3 Å². The van der Waals surface area contributed by atoms with Crippen LogP contribution in [-0.2, 0) is 11.3 Å². The Balaban J connectivity index is 2.42. The van der Waals surface area contributed by atoms with E-state index in [9.17, 15) is 4.79 Å². The van der Waals surface area contributed by atoms with Crippen molar-refractivity contribution < 1.29 is 4.79 Å². The van der Waals surface area contributed by atoms with E-state index < -0.39 is 0 Å². The molecule has 0 aliphatic carbocycles. The van der Waals surface area contributed by atoms with Crippen LogP contribution in [0.3, 0.4) is 0 Å². The minimum atomic E-state index is 0.284. The molecule has 19 heavy (non-hydrogen) atoms. The summed E-state index contributed by atoms with van der Waals surface area (Å²) in [6.07, 6.45) is 2.83. The molecule has 0 aliphatic heterocycles. The smallest absolute Gasteiger partial charge is 0.129 e. The summed E-state index contributed by atoms with van der Waals surface area (Å²) in [4.78, 5) is 13.2. The molecule has 0 aromatic heterocycles. The minimum Gasteiger partial charge on any atom is -0.302 e. The number of nitrogens with zero attached hydrogens (tertiary/aromatic N) is 1. The highest BCUT2D eigenvalue weighted by Gasteiger charge is 2.04. The van der Waals surface area contributed by atoms with Gasteiger partial charge < -0.3 is 9.69 Å². The second kappa shape index (κ2) is 8.11. The Bertz CT molecular complexity index is 383. The summed E-state index contributed by atoms with van der Waals surface area (Å²) in [7, 11) is 2.11. The van der Waals surface area contributed by atoms with Gasteiger partial charge in [-0.25, -0.2) is 0 Å². The molecule has 1 aromatic rings. The van der Waals surface area contributed by atoms with Crippen LogP contribution in [0.2, 0.25) is 0 Å². The molecular weight excluding hydrogens is 234 g/mol. The van der Waals surface area contributed by atoms with Crippen molar-refractivity contribution in [3.8, 4) is 0 Å². The molecule has 0 aliphatic rings. The monoisotopic (exact) mass is 261 g/mol. The molecule has 2 nitrogen and oxygen atoms in total. The van der Waals surface area contributed by atoms with Gasteiger partial charge in [0.05, 0.1) is 0 Å². The van der Waals surface area contributed by atoms with E-state index in [-0.39, 0.29) is 5.78 Å². The Morgan fingerprint density at radius 2 is 1.89 bits per heavy atom. The van der Waals surface area contributed by atoms with Gasteiger partial charge in [0.1, 0.15) is 5.78 Å². The van der Waals surface area contributed by atoms with Crippen LogP contribution in [0.1, 0.15) is 57.1 Å². The first kappa shape index (κ1) is 15.9.